The van der Waals surface area contributed by atoms with Crippen molar-refractivity contribution in [2.75, 3.05) is 13.2 Å². The molecule has 6 nitrogen and oxygen atoms in total. The molecule has 0 aromatic heterocycles. The van der Waals surface area contributed by atoms with Gasteiger partial charge in [-0.3, -0.25) is 14.4 Å². The van der Waals surface area contributed by atoms with Crippen LogP contribution in [0.4, 0.5) is 0 Å². The van der Waals surface area contributed by atoms with Gasteiger partial charge in [-0.25, -0.2) is 0 Å². The maximum absolute atomic E-state index is 12.7. The Balaban J connectivity index is 4.39. The summed E-state index contributed by atoms with van der Waals surface area (Å²) in [5.41, 5.74) is 0. The van der Waals surface area contributed by atoms with Crippen LogP contribution in [0.2, 0.25) is 0 Å². The van der Waals surface area contributed by atoms with Crippen molar-refractivity contribution >= 4 is 17.9 Å². The predicted molar refractivity (Wildman–Crippen MR) is 219 cm³/mol. The van der Waals surface area contributed by atoms with E-state index in [9.17, 15) is 14.4 Å². The van der Waals surface area contributed by atoms with Crippen LogP contribution in [0.3, 0.4) is 0 Å². The molecule has 6 heteroatoms. The van der Waals surface area contributed by atoms with E-state index < -0.39 is 6.10 Å². The molecule has 0 aliphatic heterocycles. The van der Waals surface area contributed by atoms with Gasteiger partial charge in [-0.05, 0) is 64.2 Å². The minimum atomic E-state index is -0.783. The summed E-state index contributed by atoms with van der Waals surface area (Å²) in [5, 5.41) is 0. The topological polar surface area (TPSA) is 78.9 Å². The van der Waals surface area contributed by atoms with Crippen LogP contribution in [0, 0.1) is 0 Å². The van der Waals surface area contributed by atoms with E-state index in [1.807, 2.05) is 0 Å². The Labute approximate surface area is 321 Å². The highest BCUT2D eigenvalue weighted by Crippen LogP contribution is 2.14. The zero-order chi connectivity index (χ0) is 38.0. The number of unbranched alkanes of at least 4 members (excludes halogenated alkanes) is 22. The minimum absolute atomic E-state index is 0.0845. The minimum Gasteiger partial charge on any atom is -0.462 e. The van der Waals surface area contributed by atoms with E-state index in [0.717, 1.165) is 89.9 Å². The molecular weight excluding hydrogens is 648 g/mol. The van der Waals surface area contributed by atoms with Crippen LogP contribution in [0.1, 0.15) is 220 Å². The average molecular weight is 731 g/mol. The summed E-state index contributed by atoms with van der Waals surface area (Å²) in [4.78, 5) is 37.6. The Morgan fingerprint density at radius 3 is 1.27 bits per heavy atom. The van der Waals surface area contributed by atoms with E-state index in [1.165, 1.54) is 89.9 Å². The molecular formula is C46H82O6. The first kappa shape index (κ1) is 49.6. The molecule has 0 aromatic rings. The molecule has 0 N–H and O–H groups in total. The molecule has 1 unspecified atom stereocenters. The van der Waals surface area contributed by atoms with E-state index in [2.05, 4.69) is 57.2 Å². The monoisotopic (exact) mass is 731 g/mol. The van der Waals surface area contributed by atoms with Crippen molar-refractivity contribution in [3.63, 3.8) is 0 Å². The van der Waals surface area contributed by atoms with Gasteiger partial charge in [0.2, 0.25) is 0 Å². The maximum Gasteiger partial charge on any atom is 0.306 e. The standard InChI is InChI=1S/C46H82O6/c1-4-7-10-13-16-19-21-23-25-27-30-33-36-39-45(48)51-42-43(41-50-44(47)38-35-32-29-26-18-15-12-9-6-3)52-46(49)40-37-34-31-28-24-22-20-17-14-11-8-5-2/h8,11,17,20,26,29,43H,4-7,9-10,12-16,18-19,21-25,27-28,30-42H2,1-3H3/b11-8-,20-17-,29-26-. The summed E-state index contributed by atoms with van der Waals surface area (Å²) in [6.07, 6.45) is 45.6. The van der Waals surface area contributed by atoms with E-state index in [4.69, 9.17) is 14.2 Å². The van der Waals surface area contributed by atoms with Crippen LogP contribution >= 0.6 is 0 Å². The fourth-order valence-corrected chi connectivity index (χ4v) is 6.07. The van der Waals surface area contributed by atoms with Gasteiger partial charge in [-0.1, -0.05) is 173 Å². The predicted octanol–water partition coefficient (Wildman–Crippen LogP) is 13.8. The lowest BCUT2D eigenvalue weighted by atomic mass is 10.0. The first-order valence-corrected chi connectivity index (χ1v) is 22.0. The van der Waals surface area contributed by atoms with Crippen molar-refractivity contribution in [2.24, 2.45) is 0 Å². The Morgan fingerprint density at radius 2 is 0.769 bits per heavy atom. The van der Waals surface area contributed by atoms with Crippen molar-refractivity contribution in [3.05, 3.63) is 36.5 Å². The van der Waals surface area contributed by atoms with E-state index >= 15 is 0 Å². The lowest BCUT2D eigenvalue weighted by Gasteiger charge is -2.18. The number of ether oxygens (including phenoxy) is 3. The summed E-state index contributed by atoms with van der Waals surface area (Å²) < 4.78 is 16.6. The molecule has 0 rings (SSSR count). The fourth-order valence-electron chi connectivity index (χ4n) is 6.07. The molecule has 0 aliphatic carbocycles. The van der Waals surface area contributed by atoms with Gasteiger partial charge < -0.3 is 14.2 Å². The Bertz CT molecular complexity index is 891. The molecule has 52 heavy (non-hydrogen) atoms. The maximum atomic E-state index is 12.7. The van der Waals surface area contributed by atoms with Crippen LogP contribution < -0.4 is 0 Å². The summed E-state index contributed by atoms with van der Waals surface area (Å²) in [7, 11) is 0. The number of carbonyl (C=O) groups excluding carboxylic acids is 3. The van der Waals surface area contributed by atoms with Gasteiger partial charge in [0, 0.05) is 19.3 Å². The Morgan fingerprint density at radius 1 is 0.404 bits per heavy atom. The molecule has 1 atom stereocenters. The number of allylic oxidation sites excluding steroid dienone is 6. The van der Waals surface area contributed by atoms with Gasteiger partial charge in [0.15, 0.2) is 6.10 Å². The van der Waals surface area contributed by atoms with Crippen molar-refractivity contribution in [1.82, 2.24) is 0 Å². The second-order valence-corrected chi connectivity index (χ2v) is 14.6. The van der Waals surface area contributed by atoms with Gasteiger partial charge in [-0.15, -0.1) is 0 Å². The molecule has 0 fully saturated rings. The summed E-state index contributed by atoms with van der Waals surface area (Å²) in [6, 6.07) is 0. The second-order valence-electron chi connectivity index (χ2n) is 14.6. The van der Waals surface area contributed by atoms with Crippen molar-refractivity contribution < 1.29 is 28.6 Å². The molecule has 0 aliphatic rings. The van der Waals surface area contributed by atoms with Crippen LogP contribution in [-0.2, 0) is 28.6 Å². The average Bonchev–Trinajstić information content (AvgIpc) is 3.14. The molecule has 0 spiro atoms. The largest absolute Gasteiger partial charge is 0.462 e. The zero-order valence-corrected chi connectivity index (χ0v) is 34.3. The van der Waals surface area contributed by atoms with Gasteiger partial charge in [-0.2, -0.15) is 0 Å². The molecule has 302 valence electrons. The van der Waals surface area contributed by atoms with Crippen molar-refractivity contribution in [3.8, 4) is 0 Å². The van der Waals surface area contributed by atoms with Gasteiger partial charge in [0.1, 0.15) is 13.2 Å². The van der Waals surface area contributed by atoms with Crippen LogP contribution in [0.25, 0.3) is 0 Å². The number of hydrogen-bond acceptors (Lipinski definition) is 6. The van der Waals surface area contributed by atoms with Crippen LogP contribution in [0.5, 0.6) is 0 Å². The number of carbonyl (C=O) groups is 3. The lowest BCUT2D eigenvalue weighted by molar-refractivity contribution is -0.167. The molecule has 0 saturated carbocycles. The third-order valence-electron chi connectivity index (χ3n) is 9.38. The third kappa shape index (κ3) is 38.9. The number of esters is 3. The van der Waals surface area contributed by atoms with Gasteiger partial charge >= 0.3 is 17.9 Å². The normalized spacial score (nSPS) is 12.3. The molecule has 0 aromatic carbocycles. The first-order valence-electron chi connectivity index (χ1n) is 22.0. The summed E-state index contributed by atoms with van der Waals surface area (Å²) >= 11 is 0. The highest BCUT2D eigenvalue weighted by atomic mass is 16.6. The molecule has 0 heterocycles. The Kier molecular flexibility index (Phi) is 39.5. The van der Waals surface area contributed by atoms with Crippen LogP contribution in [0.15, 0.2) is 36.5 Å². The first-order chi connectivity index (χ1) is 25.5. The zero-order valence-electron chi connectivity index (χ0n) is 34.3. The highest BCUT2D eigenvalue weighted by molar-refractivity contribution is 5.71. The Hall–Kier alpha value is -2.37. The quantitative estimate of drug-likeness (QED) is 0.0271. The number of hydrogen-bond donors (Lipinski definition) is 0. The highest BCUT2D eigenvalue weighted by Gasteiger charge is 2.19. The van der Waals surface area contributed by atoms with E-state index in [0.29, 0.717) is 19.3 Å². The SMILES string of the molecule is CC/C=C\C/C=C\CCCCCCCC(=O)OC(COC(=O)CCC/C=C\CCCCCC)COC(=O)CCCCCCCCCCCCCCC. The van der Waals surface area contributed by atoms with Crippen LogP contribution in [-0.4, -0.2) is 37.2 Å². The van der Waals surface area contributed by atoms with Crippen molar-refractivity contribution in [2.45, 2.75) is 226 Å². The molecule has 0 saturated heterocycles. The second kappa shape index (κ2) is 41.4. The fraction of sp³-hybridized carbons (Fsp3) is 0.804. The lowest BCUT2D eigenvalue weighted by Crippen LogP contribution is -2.30. The van der Waals surface area contributed by atoms with E-state index in [1.54, 1.807) is 0 Å². The molecule has 0 amide bonds. The number of rotatable bonds is 39. The molecule has 0 radical (unpaired) electrons. The van der Waals surface area contributed by atoms with E-state index in [-0.39, 0.29) is 31.1 Å². The van der Waals surface area contributed by atoms with Gasteiger partial charge in [0.25, 0.3) is 0 Å². The van der Waals surface area contributed by atoms with Gasteiger partial charge in [0.05, 0.1) is 0 Å². The summed E-state index contributed by atoms with van der Waals surface area (Å²) in [6.45, 7) is 6.44. The van der Waals surface area contributed by atoms with Crippen molar-refractivity contribution in [1.29, 1.82) is 0 Å². The molecule has 0 bridgehead atoms. The smallest absolute Gasteiger partial charge is 0.306 e. The third-order valence-corrected chi connectivity index (χ3v) is 9.38. The summed E-state index contributed by atoms with van der Waals surface area (Å²) in [5.74, 6) is -0.937.